The lowest BCUT2D eigenvalue weighted by atomic mass is 9.86. The van der Waals surface area contributed by atoms with Crippen LogP contribution in [-0.4, -0.2) is 50.1 Å². The Morgan fingerprint density at radius 1 is 0.909 bits per heavy atom. The van der Waals surface area contributed by atoms with E-state index in [1.807, 2.05) is 18.2 Å². The number of aromatic nitrogens is 3. The molecule has 3 heterocycles. The van der Waals surface area contributed by atoms with Crippen molar-refractivity contribution in [2.75, 3.05) is 6.54 Å². The van der Waals surface area contributed by atoms with Crippen LogP contribution < -0.4 is 5.32 Å². The fourth-order valence-electron chi connectivity index (χ4n) is 8.17. The zero-order valence-electron chi connectivity index (χ0n) is 26.2. The van der Waals surface area contributed by atoms with Crippen LogP contribution in [0.3, 0.4) is 0 Å². The number of hydrogen-bond acceptors (Lipinski definition) is 4. The van der Waals surface area contributed by atoms with Gasteiger partial charge in [0.25, 0.3) is 0 Å². The Morgan fingerprint density at radius 3 is 2.14 bits per heavy atom. The molecule has 4 atom stereocenters. The summed E-state index contributed by atoms with van der Waals surface area (Å²) in [6.45, 7) is 5.25. The summed E-state index contributed by atoms with van der Waals surface area (Å²) in [4.78, 5) is 15.9. The van der Waals surface area contributed by atoms with E-state index in [2.05, 4.69) is 81.3 Å². The molecule has 3 fully saturated rings. The van der Waals surface area contributed by atoms with E-state index in [1.54, 1.807) is 0 Å². The predicted octanol–water partition coefficient (Wildman–Crippen LogP) is 7.56. The number of aryl methyl sites for hydroxylation is 1. The van der Waals surface area contributed by atoms with Crippen molar-refractivity contribution in [2.45, 2.75) is 120 Å². The van der Waals surface area contributed by atoms with E-state index in [0.29, 0.717) is 24.0 Å². The molecule has 3 aromatic rings. The minimum Gasteiger partial charge on any atom is -0.349 e. The molecule has 44 heavy (non-hydrogen) atoms. The molecule has 1 aromatic heterocycles. The smallest absolute Gasteiger partial charge is 0.248 e. The first kappa shape index (κ1) is 30.9. The van der Waals surface area contributed by atoms with Gasteiger partial charge < -0.3 is 9.88 Å². The molecule has 1 N–H and O–H groups in total. The van der Waals surface area contributed by atoms with Crippen LogP contribution in [0.2, 0.25) is 0 Å². The minimum absolute atomic E-state index is 0.0764. The van der Waals surface area contributed by atoms with Crippen LogP contribution in [0.5, 0.6) is 0 Å². The van der Waals surface area contributed by atoms with Crippen LogP contribution in [0.4, 0.5) is 8.78 Å². The molecule has 2 aliphatic heterocycles. The molecule has 1 amide bonds. The molecule has 2 bridgehead atoms. The molecular weight excluding hydrogens is 556 g/mol. The molecule has 0 spiro atoms. The Balaban J connectivity index is 1.11. The van der Waals surface area contributed by atoms with Gasteiger partial charge in [0.1, 0.15) is 11.6 Å². The lowest BCUT2D eigenvalue weighted by Gasteiger charge is -2.40. The highest BCUT2D eigenvalue weighted by molar-refractivity contribution is 5.79. The zero-order valence-corrected chi connectivity index (χ0v) is 26.2. The lowest BCUT2D eigenvalue weighted by molar-refractivity contribution is -0.130. The van der Waals surface area contributed by atoms with Gasteiger partial charge in [0.05, 0.1) is 6.04 Å². The molecule has 1 aliphatic carbocycles. The fourth-order valence-corrected chi connectivity index (χ4v) is 8.17. The Morgan fingerprint density at radius 2 is 1.52 bits per heavy atom. The van der Waals surface area contributed by atoms with Crippen LogP contribution in [0.15, 0.2) is 60.7 Å². The summed E-state index contributed by atoms with van der Waals surface area (Å²) in [5.74, 6) is -0.509. The third-order valence-electron chi connectivity index (χ3n) is 10.6. The molecule has 1 saturated carbocycles. The Labute approximate surface area is 260 Å². The van der Waals surface area contributed by atoms with Crippen LogP contribution in [0.1, 0.15) is 112 Å². The van der Waals surface area contributed by atoms with Crippen molar-refractivity contribution in [2.24, 2.45) is 5.92 Å². The Kier molecular flexibility index (Phi) is 9.45. The normalized spacial score (nSPS) is 25.0. The van der Waals surface area contributed by atoms with Crippen molar-refractivity contribution in [3.05, 3.63) is 83.4 Å². The van der Waals surface area contributed by atoms with E-state index in [4.69, 9.17) is 0 Å². The largest absolute Gasteiger partial charge is 0.349 e. The van der Waals surface area contributed by atoms with E-state index in [1.165, 1.54) is 18.4 Å². The molecule has 4 unspecified atom stereocenters. The van der Waals surface area contributed by atoms with Crippen molar-refractivity contribution >= 4 is 5.91 Å². The standard InChI is InChI=1S/C36H47F2N5O/c1-3-26(27-10-6-4-7-11-27)22-34-41-40-25(2)43(34)32-23-30-14-15-31(24-32)42(30)21-18-33(28-12-8-5-9-13-28)39-35(44)29-16-19-36(37,38)20-17-29/h4-13,26,29-33H,3,14-24H2,1-2H3,(H,39,44). The highest BCUT2D eigenvalue weighted by atomic mass is 19.3. The quantitative estimate of drug-likeness (QED) is 0.246. The Bertz CT molecular complexity index is 1360. The molecule has 6 nitrogen and oxygen atoms in total. The van der Waals surface area contributed by atoms with E-state index in [9.17, 15) is 13.6 Å². The molecular formula is C36H47F2N5O. The summed E-state index contributed by atoms with van der Waals surface area (Å²) in [5, 5.41) is 12.5. The number of alkyl halides is 2. The van der Waals surface area contributed by atoms with Crippen LogP contribution >= 0.6 is 0 Å². The highest BCUT2D eigenvalue weighted by Crippen LogP contribution is 2.43. The first-order valence-electron chi connectivity index (χ1n) is 16.8. The van der Waals surface area contributed by atoms with Crippen molar-refractivity contribution < 1.29 is 13.6 Å². The summed E-state index contributed by atoms with van der Waals surface area (Å²) in [5.41, 5.74) is 2.44. The molecule has 8 heteroatoms. The van der Waals surface area contributed by atoms with Crippen molar-refractivity contribution in [1.82, 2.24) is 25.0 Å². The summed E-state index contributed by atoms with van der Waals surface area (Å²) in [6, 6.07) is 22.1. The number of rotatable bonds is 11. The predicted molar refractivity (Wildman–Crippen MR) is 169 cm³/mol. The van der Waals surface area contributed by atoms with Gasteiger partial charge in [-0.2, -0.15) is 0 Å². The SMILES string of the molecule is CCC(Cc1nnc(C)n1C1CC2CCC(C1)N2CCC(NC(=O)C1CCC(F)(F)CC1)c1ccccc1)c1ccccc1. The van der Waals surface area contributed by atoms with Gasteiger partial charge in [0.15, 0.2) is 0 Å². The second-order valence-corrected chi connectivity index (χ2v) is 13.4. The van der Waals surface area contributed by atoms with E-state index in [-0.39, 0.29) is 43.6 Å². The summed E-state index contributed by atoms with van der Waals surface area (Å²) >= 11 is 0. The number of amides is 1. The molecule has 236 valence electrons. The first-order valence-corrected chi connectivity index (χ1v) is 16.8. The number of nitrogens with one attached hydrogen (secondary N) is 1. The topological polar surface area (TPSA) is 63.1 Å². The van der Waals surface area contributed by atoms with Crippen LogP contribution in [0, 0.1) is 12.8 Å². The maximum absolute atomic E-state index is 13.7. The van der Waals surface area contributed by atoms with Gasteiger partial charge in [0.2, 0.25) is 11.8 Å². The molecule has 6 rings (SSSR count). The van der Waals surface area contributed by atoms with Gasteiger partial charge in [-0.3, -0.25) is 9.69 Å². The average molecular weight is 604 g/mol. The van der Waals surface area contributed by atoms with Crippen molar-refractivity contribution in [3.63, 3.8) is 0 Å². The molecule has 2 aromatic carbocycles. The molecule has 0 radical (unpaired) electrons. The third-order valence-corrected chi connectivity index (χ3v) is 10.6. The third kappa shape index (κ3) is 6.90. The number of halogens is 2. The molecule has 2 saturated heterocycles. The highest BCUT2D eigenvalue weighted by Gasteiger charge is 2.42. The number of hydrogen-bond donors (Lipinski definition) is 1. The lowest BCUT2D eigenvalue weighted by Crippen LogP contribution is -2.45. The fraction of sp³-hybridized carbons (Fsp3) is 0.583. The Hall–Kier alpha value is -3.13. The number of piperidine rings is 1. The average Bonchev–Trinajstić information content (AvgIpc) is 3.51. The summed E-state index contributed by atoms with van der Waals surface area (Å²) in [6.07, 6.45) is 7.45. The molecule has 3 aliphatic rings. The van der Waals surface area contributed by atoms with Gasteiger partial charge >= 0.3 is 0 Å². The van der Waals surface area contributed by atoms with Gasteiger partial charge in [-0.05, 0) is 75.3 Å². The van der Waals surface area contributed by atoms with E-state index in [0.717, 1.165) is 55.9 Å². The van der Waals surface area contributed by atoms with Crippen molar-refractivity contribution in [3.8, 4) is 0 Å². The van der Waals surface area contributed by atoms with E-state index >= 15 is 0 Å². The number of carbonyl (C=O) groups is 1. The van der Waals surface area contributed by atoms with Gasteiger partial charge in [-0.25, -0.2) is 8.78 Å². The second-order valence-electron chi connectivity index (χ2n) is 13.4. The summed E-state index contributed by atoms with van der Waals surface area (Å²) < 4.78 is 29.9. The maximum Gasteiger partial charge on any atom is 0.248 e. The van der Waals surface area contributed by atoms with Crippen LogP contribution in [0.25, 0.3) is 0 Å². The van der Waals surface area contributed by atoms with Crippen molar-refractivity contribution in [1.29, 1.82) is 0 Å². The minimum atomic E-state index is -2.63. The monoisotopic (exact) mass is 603 g/mol. The van der Waals surface area contributed by atoms with E-state index < -0.39 is 5.92 Å². The second kappa shape index (κ2) is 13.5. The zero-order chi connectivity index (χ0) is 30.7. The van der Waals surface area contributed by atoms with Gasteiger partial charge in [-0.1, -0.05) is 67.6 Å². The number of nitrogens with zero attached hydrogens (tertiary/aromatic N) is 4. The van der Waals surface area contributed by atoms with Gasteiger partial charge in [-0.15, -0.1) is 10.2 Å². The van der Waals surface area contributed by atoms with Gasteiger partial charge in [0, 0.05) is 49.9 Å². The first-order chi connectivity index (χ1) is 21.3. The van der Waals surface area contributed by atoms with Crippen LogP contribution in [-0.2, 0) is 11.2 Å². The number of fused-ring (bicyclic) bond motifs is 2. The maximum atomic E-state index is 13.7. The number of carbonyl (C=O) groups excluding carboxylic acids is 1. The number of benzene rings is 2. The summed E-state index contributed by atoms with van der Waals surface area (Å²) in [7, 11) is 0.